The first-order valence-corrected chi connectivity index (χ1v) is 5.09. The minimum atomic E-state index is -0.0905. The molecule has 0 saturated carbocycles. The first kappa shape index (κ1) is 10.9. The van der Waals surface area contributed by atoms with E-state index in [0.717, 1.165) is 11.4 Å². The molecule has 0 saturated heterocycles. The Morgan fingerprint density at radius 3 is 2.94 bits per heavy atom. The molecule has 2 aromatic rings. The zero-order chi connectivity index (χ0) is 11.4. The molecular weight excluding hydrogens is 226 g/mol. The van der Waals surface area contributed by atoms with Gasteiger partial charge in [0.2, 0.25) is 0 Å². The summed E-state index contributed by atoms with van der Waals surface area (Å²) in [5.41, 5.74) is 2.25. The molecule has 0 aromatic carbocycles. The molecule has 0 aliphatic rings. The first-order chi connectivity index (χ1) is 7.79. The van der Waals surface area contributed by atoms with Crippen LogP contribution in [0.1, 0.15) is 5.56 Å². The van der Waals surface area contributed by atoms with E-state index in [1.165, 1.54) is 0 Å². The molecule has 2 N–H and O–H groups in total. The number of hydrogen-bond acceptors (Lipinski definition) is 4. The SMILES string of the molecule is OCc1cnc(Cl)cc1Nc1cccnc1. The maximum atomic E-state index is 9.15. The van der Waals surface area contributed by atoms with Crippen molar-refractivity contribution in [1.29, 1.82) is 0 Å². The third-order valence-electron chi connectivity index (χ3n) is 2.06. The van der Waals surface area contributed by atoms with Crippen LogP contribution in [-0.2, 0) is 6.61 Å². The molecule has 0 spiro atoms. The molecule has 2 heterocycles. The number of nitrogens with zero attached hydrogens (tertiary/aromatic N) is 2. The van der Waals surface area contributed by atoms with Gasteiger partial charge in [-0.2, -0.15) is 0 Å². The van der Waals surface area contributed by atoms with Crippen LogP contribution in [0, 0.1) is 0 Å². The highest BCUT2D eigenvalue weighted by atomic mass is 35.5. The van der Waals surface area contributed by atoms with Crippen molar-refractivity contribution >= 4 is 23.0 Å². The minimum Gasteiger partial charge on any atom is -0.392 e. The highest BCUT2D eigenvalue weighted by Gasteiger charge is 2.03. The second-order valence-electron chi connectivity index (χ2n) is 3.19. The molecule has 4 nitrogen and oxygen atoms in total. The Labute approximate surface area is 97.9 Å². The average molecular weight is 236 g/mol. The van der Waals surface area contributed by atoms with Crippen molar-refractivity contribution in [3.05, 3.63) is 47.5 Å². The van der Waals surface area contributed by atoms with E-state index in [1.54, 1.807) is 24.7 Å². The standard InChI is InChI=1S/C11H10ClN3O/c12-11-4-10(8(7-16)5-14-11)15-9-2-1-3-13-6-9/h1-6,16H,7H2,(H,14,15). The van der Waals surface area contributed by atoms with Gasteiger partial charge in [-0.05, 0) is 18.2 Å². The molecule has 82 valence electrons. The fourth-order valence-electron chi connectivity index (χ4n) is 1.29. The predicted octanol–water partition coefficient (Wildman–Crippen LogP) is 2.37. The topological polar surface area (TPSA) is 58.0 Å². The van der Waals surface area contributed by atoms with Crippen LogP contribution in [0.2, 0.25) is 5.15 Å². The van der Waals surface area contributed by atoms with Crippen LogP contribution in [0.25, 0.3) is 0 Å². The summed E-state index contributed by atoms with van der Waals surface area (Å²) in [6.07, 6.45) is 4.92. The van der Waals surface area contributed by atoms with Crippen LogP contribution < -0.4 is 5.32 Å². The van der Waals surface area contributed by atoms with Gasteiger partial charge in [0, 0.05) is 23.6 Å². The predicted molar refractivity (Wildman–Crippen MR) is 62.7 cm³/mol. The largest absolute Gasteiger partial charge is 0.392 e. The molecule has 0 radical (unpaired) electrons. The van der Waals surface area contributed by atoms with Crippen LogP contribution in [0.5, 0.6) is 0 Å². The van der Waals surface area contributed by atoms with Crippen molar-refractivity contribution in [2.75, 3.05) is 5.32 Å². The third-order valence-corrected chi connectivity index (χ3v) is 2.27. The lowest BCUT2D eigenvalue weighted by molar-refractivity contribution is 0.282. The van der Waals surface area contributed by atoms with Gasteiger partial charge in [-0.3, -0.25) is 4.98 Å². The summed E-state index contributed by atoms with van der Waals surface area (Å²) in [5, 5.41) is 12.6. The number of nitrogens with one attached hydrogen (secondary N) is 1. The fourth-order valence-corrected chi connectivity index (χ4v) is 1.45. The van der Waals surface area contributed by atoms with Crippen LogP contribution in [0.15, 0.2) is 36.8 Å². The fraction of sp³-hybridized carbons (Fsp3) is 0.0909. The zero-order valence-corrected chi connectivity index (χ0v) is 9.15. The average Bonchev–Trinajstić information content (AvgIpc) is 2.31. The van der Waals surface area contributed by atoms with Gasteiger partial charge in [0.15, 0.2) is 0 Å². The number of aliphatic hydroxyl groups excluding tert-OH is 1. The van der Waals surface area contributed by atoms with Crippen molar-refractivity contribution in [1.82, 2.24) is 9.97 Å². The Morgan fingerprint density at radius 1 is 1.38 bits per heavy atom. The summed E-state index contributed by atoms with van der Waals surface area (Å²) in [5.74, 6) is 0. The van der Waals surface area contributed by atoms with E-state index in [1.807, 2.05) is 12.1 Å². The van der Waals surface area contributed by atoms with Crippen molar-refractivity contribution in [2.24, 2.45) is 0 Å². The molecule has 0 fully saturated rings. The summed E-state index contributed by atoms with van der Waals surface area (Å²) >= 11 is 5.79. The van der Waals surface area contributed by atoms with Crippen molar-refractivity contribution in [2.45, 2.75) is 6.61 Å². The monoisotopic (exact) mass is 235 g/mol. The summed E-state index contributed by atoms with van der Waals surface area (Å²) in [4.78, 5) is 7.89. The maximum absolute atomic E-state index is 9.15. The van der Waals surface area contributed by atoms with Crippen molar-refractivity contribution in [3.8, 4) is 0 Å². The lowest BCUT2D eigenvalue weighted by atomic mass is 10.2. The Balaban J connectivity index is 2.30. The van der Waals surface area contributed by atoms with Gasteiger partial charge in [0.05, 0.1) is 18.5 Å². The molecule has 0 unspecified atom stereocenters. The van der Waals surface area contributed by atoms with Crippen LogP contribution >= 0.6 is 11.6 Å². The smallest absolute Gasteiger partial charge is 0.131 e. The lowest BCUT2D eigenvalue weighted by Gasteiger charge is -2.09. The summed E-state index contributed by atoms with van der Waals surface area (Å²) in [7, 11) is 0. The van der Waals surface area contributed by atoms with E-state index in [4.69, 9.17) is 16.7 Å². The van der Waals surface area contributed by atoms with Gasteiger partial charge < -0.3 is 10.4 Å². The van der Waals surface area contributed by atoms with Gasteiger partial charge in [0.25, 0.3) is 0 Å². The quantitative estimate of drug-likeness (QED) is 0.802. The van der Waals surface area contributed by atoms with E-state index < -0.39 is 0 Å². The van der Waals surface area contributed by atoms with Gasteiger partial charge in [-0.15, -0.1) is 0 Å². The number of aromatic nitrogens is 2. The number of hydrogen-bond donors (Lipinski definition) is 2. The molecule has 16 heavy (non-hydrogen) atoms. The Morgan fingerprint density at radius 2 is 2.25 bits per heavy atom. The highest BCUT2D eigenvalue weighted by Crippen LogP contribution is 2.22. The first-order valence-electron chi connectivity index (χ1n) is 4.72. The highest BCUT2D eigenvalue weighted by molar-refractivity contribution is 6.29. The molecule has 2 rings (SSSR count). The molecule has 0 bridgehead atoms. The Kier molecular flexibility index (Phi) is 3.34. The van der Waals surface area contributed by atoms with Gasteiger partial charge >= 0.3 is 0 Å². The van der Waals surface area contributed by atoms with E-state index >= 15 is 0 Å². The molecule has 0 amide bonds. The van der Waals surface area contributed by atoms with E-state index in [-0.39, 0.29) is 6.61 Å². The summed E-state index contributed by atoms with van der Waals surface area (Å²) in [6, 6.07) is 5.37. The lowest BCUT2D eigenvalue weighted by Crippen LogP contribution is -1.97. The van der Waals surface area contributed by atoms with E-state index in [2.05, 4.69) is 15.3 Å². The van der Waals surface area contributed by atoms with Crippen LogP contribution in [0.3, 0.4) is 0 Å². The van der Waals surface area contributed by atoms with Crippen molar-refractivity contribution < 1.29 is 5.11 Å². The Bertz CT molecular complexity index is 476. The molecule has 5 heteroatoms. The number of rotatable bonds is 3. The number of halogens is 1. The normalized spacial score (nSPS) is 10.1. The molecule has 0 aliphatic carbocycles. The van der Waals surface area contributed by atoms with E-state index in [9.17, 15) is 0 Å². The number of anilines is 2. The molecule has 2 aromatic heterocycles. The summed E-state index contributed by atoms with van der Waals surface area (Å²) < 4.78 is 0. The van der Waals surface area contributed by atoms with Crippen molar-refractivity contribution in [3.63, 3.8) is 0 Å². The van der Waals surface area contributed by atoms with Gasteiger partial charge in [0.1, 0.15) is 5.15 Å². The van der Waals surface area contributed by atoms with Gasteiger partial charge in [-0.25, -0.2) is 4.98 Å². The molecule has 0 aliphatic heterocycles. The maximum Gasteiger partial charge on any atom is 0.131 e. The van der Waals surface area contributed by atoms with Gasteiger partial charge in [-0.1, -0.05) is 11.6 Å². The molecule has 0 atom stereocenters. The zero-order valence-electron chi connectivity index (χ0n) is 8.39. The Hall–Kier alpha value is -1.65. The number of aliphatic hydroxyl groups is 1. The summed E-state index contributed by atoms with van der Waals surface area (Å²) in [6.45, 7) is -0.0905. The minimum absolute atomic E-state index is 0.0905. The van der Waals surface area contributed by atoms with E-state index in [0.29, 0.717) is 10.7 Å². The second kappa shape index (κ2) is 4.92. The third kappa shape index (κ3) is 2.48. The van der Waals surface area contributed by atoms with Crippen LogP contribution in [-0.4, -0.2) is 15.1 Å². The molecular formula is C11H10ClN3O. The van der Waals surface area contributed by atoms with Crippen LogP contribution in [0.4, 0.5) is 11.4 Å². The second-order valence-corrected chi connectivity index (χ2v) is 3.58. The number of pyridine rings is 2.